The summed E-state index contributed by atoms with van der Waals surface area (Å²) in [5, 5.41) is 12.3. The number of aromatic hydroxyl groups is 1. The van der Waals surface area contributed by atoms with Crippen molar-refractivity contribution in [3.8, 4) is 18.1 Å². The van der Waals surface area contributed by atoms with Crippen molar-refractivity contribution in [1.82, 2.24) is 5.32 Å². The maximum absolute atomic E-state index is 11.6. The molecule has 0 saturated carbocycles. The van der Waals surface area contributed by atoms with E-state index in [0.717, 1.165) is 0 Å². The number of halogens is 1. The molecule has 4 heteroatoms. The zero-order valence-electron chi connectivity index (χ0n) is 8.12. The van der Waals surface area contributed by atoms with Crippen LogP contribution >= 0.6 is 11.6 Å². The van der Waals surface area contributed by atoms with Gasteiger partial charge in [-0.25, -0.2) is 0 Å². The Kier molecular flexibility index (Phi) is 3.59. The summed E-state index contributed by atoms with van der Waals surface area (Å²) < 4.78 is 0. The molecule has 15 heavy (non-hydrogen) atoms. The highest BCUT2D eigenvalue weighted by molar-refractivity contribution is 6.31. The molecule has 1 aromatic rings. The van der Waals surface area contributed by atoms with Gasteiger partial charge in [0.1, 0.15) is 5.75 Å². The minimum atomic E-state index is -0.444. The Morgan fingerprint density at radius 2 is 2.33 bits per heavy atom. The van der Waals surface area contributed by atoms with E-state index >= 15 is 0 Å². The number of phenols is 1. The van der Waals surface area contributed by atoms with Crippen molar-refractivity contribution in [2.75, 3.05) is 0 Å². The maximum Gasteiger partial charge on any atom is 0.256 e. The van der Waals surface area contributed by atoms with Gasteiger partial charge in [-0.3, -0.25) is 4.79 Å². The highest BCUT2D eigenvalue weighted by Gasteiger charge is 2.12. The molecule has 3 nitrogen and oxygen atoms in total. The lowest BCUT2D eigenvalue weighted by Crippen LogP contribution is -2.31. The van der Waals surface area contributed by atoms with E-state index in [-0.39, 0.29) is 11.3 Å². The van der Waals surface area contributed by atoms with Crippen LogP contribution in [0.4, 0.5) is 0 Å². The Labute approximate surface area is 93.1 Å². The van der Waals surface area contributed by atoms with E-state index < -0.39 is 11.9 Å². The van der Waals surface area contributed by atoms with Crippen molar-refractivity contribution in [1.29, 1.82) is 0 Å². The van der Waals surface area contributed by atoms with Gasteiger partial charge in [-0.05, 0) is 25.1 Å². The third kappa shape index (κ3) is 2.90. The second-order valence-electron chi connectivity index (χ2n) is 3.02. The van der Waals surface area contributed by atoms with Gasteiger partial charge >= 0.3 is 0 Å². The number of hydrogen-bond donors (Lipinski definition) is 2. The fourth-order valence-electron chi connectivity index (χ4n) is 1.01. The molecule has 1 unspecified atom stereocenters. The molecular weight excluding hydrogens is 214 g/mol. The average Bonchev–Trinajstić information content (AvgIpc) is 2.21. The normalized spacial score (nSPS) is 11.5. The highest BCUT2D eigenvalue weighted by atomic mass is 35.5. The second kappa shape index (κ2) is 4.72. The van der Waals surface area contributed by atoms with E-state index in [0.29, 0.717) is 5.02 Å². The van der Waals surface area contributed by atoms with E-state index in [1.807, 2.05) is 0 Å². The van der Waals surface area contributed by atoms with Crippen molar-refractivity contribution in [2.45, 2.75) is 13.0 Å². The Morgan fingerprint density at radius 1 is 1.67 bits per heavy atom. The molecule has 0 aliphatic rings. The molecule has 0 aromatic heterocycles. The summed E-state index contributed by atoms with van der Waals surface area (Å²) in [6.45, 7) is 1.67. The first-order valence-electron chi connectivity index (χ1n) is 4.30. The molecular formula is C11H10ClNO2. The lowest BCUT2D eigenvalue weighted by molar-refractivity contribution is 0.0945. The summed E-state index contributed by atoms with van der Waals surface area (Å²) in [6, 6.07) is 3.85. The second-order valence-corrected chi connectivity index (χ2v) is 3.46. The minimum absolute atomic E-state index is 0.115. The molecule has 1 rings (SSSR count). The molecule has 0 bridgehead atoms. The summed E-state index contributed by atoms with van der Waals surface area (Å²) in [5.41, 5.74) is 0.115. The maximum atomic E-state index is 11.6. The summed E-state index contributed by atoms with van der Waals surface area (Å²) in [5.74, 6) is 1.79. The van der Waals surface area contributed by atoms with Crippen LogP contribution < -0.4 is 5.32 Å². The van der Waals surface area contributed by atoms with Gasteiger partial charge in [-0.1, -0.05) is 17.5 Å². The van der Waals surface area contributed by atoms with Crippen LogP contribution in [0.1, 0.15) is 17.3 Å². The third-order valence-corrected chi connectivity index (χ3v) is 2.04. The summed E-state index contributed by atoms with van der Waals surface area (Å²) in [7, 11) is 0. The molecule has 2 N–H and O–H groups in total. The molecule has 0 saturated heterocycles. The molecule has 1 amide bonds. The summed E-state index contributed by atoms with van der Waals surface area (Å²) in [4.78, 5) is 11.6. The zero-order valence-corrected chi connectivity index (χ0v) is 8.88. The van der Waals surface area contributed by atoms with Gasteiger partial charge in [0.2, 0.25) is 0 Å². The van der Waals surface area contributed by atoms with Crippen LogP contribution in [0.3, 0.4) is 0 Å². The van der Waals surface area contributed by atoms with E-state index in [4.69, 9.17) is 18.0 Å². The predicted molar refractivity (Wildman–Crippen MR) is 58.9 cm³/mol. The van der Waals surface area contributed by atoms with Crippen LogP contribution in [0.15, 0.2) is 18.2 Å². The Bertz CT molecular complexity index is 423. The zero-order chi connectivity index (χ0) is 11.4. The van der Waals surface area contributed by atoms with E-state index in [1.165, 1.54) is 18.2 Å². The smallest absolute Gasteiger partial charge is 0.256 e. The number of carbonyl (C=O) groups excluding carboxylic acids is 1. The van der Waals surface area contributed by atoms with E-state index in [1.54, 1.807) is 6.92 Å². The molecule has 0 aliphatic carbocycles. The van der Waals surface area contributed by atoms with Gasteiger partial charge in [0, 0.05) is 5.02 Å². The summed E-state index contributed by atoms with van der Waals surface area (Å²) >= 11 is 5.70. The van der Waals surface area contributed by atoms with Gasteiger partial charge in [-0.2, -0.15) is 0 Å². The lowest BCUT2D eigenvalue weighted by Gasteiger charge is -2.09. The van der Waals surface area contributed by atoms with Crippen molar-refractivity contribution in [2.24, 2.45) is 0 Å². The number of hydrogen-bond acceptors (Lipinski definition) is 2. The molecule has 0 fully saturated rings. The fourth-order valence-corrected chi connectivity index (χ4v) is 1.18. The molecule has 0 radical (unpaired) electrons. The van der Waals surface area contributed by atoms with Gasteiger partial charge in [0.15, 0.2) is 0 Å². The highest BCUT2D eigenvalue weighted by Crippen LogP contribution is 2.21. The van der Waals surface area contributed by atoms with Crippen LogP contribution in [-0.2, 0) is 0 Å². The summed E-state index contributed by atoms with van der Waals surface area (Å²) in [6.07, 6.45) is 5.11. The predicted octanol–water partition coefficient (Wildman–Crippen LogP) is 1.80. The Hall–Kier alpha value is -1.66. The molecule has 78 valence electrons. The monoisotopic (exact) mass is 223 g/mol. The first-order chi connectivity index (χ1) is 7.04. The number of benzene rings is 1. The quantitative estimate of drug-likeness (QED) is 0.752. The Morgan fingerprint density at radius 3 is 2.93 bits per heavy atom. The third-order valence-electron chi connectivity index (χ3n) is 1.80. The average molecular weight is 224 g/mol. The van der Waals surface area contributed by atoms with Crippen LogP contribution in [-0.4, -0.2) is 17.1 Å². The van der Waals surface area contributed by atoms with Crippen molar-refractivity contribution in [3.05, 3.63) is 28.8 Å². The number of nitrogens with one attached hydrogen (secondary N) is 1. The van der Waals surface area contributed by atoms with E-state index in [9.17, 15) is 9.90 Å². The largest absolute Gasteiger partial charge is 0.507 e. The minimum Gasteiger partial charge on any atom is -0.507 e. The van der Waals surface area contributed by atoms with Gasteiger partial charge in [-0.15, -0.1) is 6.42 Å². The lowest BCUT2D eigenvalue weighted by atomic mass is 10.2. The Balaban J connectivity index is 2.92. The number of terminal acetylenes is 1. The van der Waals surface area contributed by atoms with Crippen molar-refractivity contribution < 1.29 is 9.90 Å². The van der Waals surface area contributed by atoms with Crippen LogP contribution in [0, 0.1) is 12.3 Å². The first-order valence-corrected chi connectivity index (χ1v) is 4.68. The number of amides is 1. The topological polar surface area (TPSA) is 49.3 Å². The number of phenolic OH excluding ortho intramolecular Hbond substituents is 1. The van der Waals surface area contributed by atoms with E-state index in [2.05, 4.69) is 11.2 Å². The first kappa shape index (κ1) is 11.4. The van der Waals surface area contributed by atoms with Crippen LogP contribution in [0.5, 0.6) is 5.75 Å². The van der Waals surface area contributed by atoms with Gasteiger partial charge < -0.3 is 10.4 Å². The van der Waals surface area contributed by atoms with Gasteiger partial charge in [0.25, 0.3) is 5.91 Å². The van der Waals surface area contributed by atoms with Crippen molar-refractivity contribution >= 4 is 17.5 Å². The molecule has 1 atom stereocenters. The van der Waals surface area contributed by atoms with Crippen LogP contribution in [0.2, 0.25) is 5.02 Å². The number of rotatable bonds is 2. The van der Waals surface area contributed by atoms with Gasteiger partial charge in [0.05, 0.1) is 11.6 Å². The molecule has 1 aromatic carbocycles. The number of carbonyl (C=O) groups is 1. The fraction of sp³-hybridized carbons (Fsp3) is 0.182. The van der Waals surface area contributed by atoms with Crippen LogP contribution in [0.25, 0.3) is 0 Å². The SMILES string of the molecule is C#CC(C)NC(=O)c1cc(Cl)ccc1O. The van der Waals surface area contributed by atoms with Crippen molar-refractivity contribution in [3.63, 3.8) is 0 Å². The molecule has 0 heterocycles. The molecule has 0 aliphatic heterocycles. The standard InChI is InChI=1S/C11H10ClNO2/c1-3-7(2)13-11(15)9-6-8(12)4-5-10(9)14/h1,4-7,14H,2H3,(H,13,15). The molecule has 0 spiro atoms.